The van der Waals surface area contributed by atoms with Crippen LogP contribution >= 0.6 is 46.4 Å². The van der Waals surface area contributed by atoms with Gasteiger partial charge in [0.05, 0.1) is 52.4 Å². The van der Waals surface area contributed by atoms with Crippen molar-refractivity contribution in [1.29, 1.82) is 0 Å². The zero-order valence-corrected chi connectivity index (χ0v) is 38.9. The Morgan fingerprint density at radius 2 is 1.16 bits per heavy atom. The average Bonchev–Trinajstić information content (AvgIpc) is 3.24. The number of halogens is 10. The fourth-order valence-electron chi connectivity index (χ4n) is 6.45. The van der Waals surface area contributed by atoms with Gasteiger partial charge in [-0.15, -0.1) is 0 Å². The number of carbonyl (C=O) groups excluding carboxylic acids is 3. The van der Waals surface area contributed by atoms with Crippen molar-refractivity contribution >= 4 is 107 Å². The number of rotatable bonds is 13. The summed E-state index contributed by atoms with van der Waals surface area (Å²) >= 11 is 25.0. The number of benzene rings is 4. The standard InChI is InChI=1S/C42H29Cl4F6N7O7S2/c1-19-3-6-26(15-30(19)41(47,48)49)67(63,64)59-34-12-23(44)18-56-37(34)39(61)29-13-24(53)10-21(35(29)46)9-20-4-7-27(16-31(20)42(50,51)52)68(65,66)58-33-11-22(43)17-55-36(33)38(60)28-14-25(5-8-32(28)45)57-40(62)54-2/h3-8,10-18,58-59H,9,53H2,1-2H3,(H2,54,57,62). The van der Waals surface area contributed by atoms with Crippen molar-refractivity contribution in [2.45, 2.75) is 35.5 Å². The molecule has 26 heteroatoms. The quantitative estimate of drug-likeness (QED) is 0.0418. The Labute approximate surface area is 402 Å². The van der Waals surface area contributed by atoms with Crippen molar-refractivity contribution in [1.82, 2.24) is 15.3 Å². The summed E-state index contributed by atoms with van der Waals surface area (Å²) in [5, 5.41) is 3.73. The van der Waals surface area contributed by atoms with E-state index in [0.29, 0.717) is 12.1 Å². The summed E-state index contributed by atoms with van der Waals surface area (Å²) in [6, 6.07) is 11.4. The lowest BCUT2D eigenvalue weighted by molar-refractivity contribution is -0.139. The van der Waals surface area contributed by atoms with Crippen molar-refractivity contribution in [2.75, 3.05) is 27.5 Å². The van der Waals surface area contributed by atoms with E-state index in [1.54, 1.807) is 0 Å². The summed E-state index contributed by atoms with van der Waals surface area (Å²) in [6.07, 6.45) is -8.95. The van der Waals surface area contributed by atoms with Gasteiger partial charge in [-0.2, -0.15) is 26.3 Å². The topological polar surface area (TPSA) is 219 Å². The molecule has 0 aliphatic heterocycles. The van der Waals surface area contributed by atoms with E-state index in [1.165, 1.54) is 25.2 Å². The van der Waals surface area contributed by atoms with E-state index in [2.05, 4.69) is 20.6 Å². The number of nitrogens with two attached hydrogens (primary N) is 1. The third-order valence-electron chi connectivity index (χ3n) is 9.64. The van der Waals surface area contributed by atoms with E-state index in [0.717, 1.165) is 67.8 Å². The van der Waals surface area contributed by atoms with Gasteiger partial charge < -0.3 is 16.4 Å². The van der Waals surface area contributed by atoms with Gasteiger partial charge in [0.15, 0.2) is 0 Å². The zero-order valence-electron chi connectivity index (χ0n) is 34.3. The van der Waals surface area contributed by atoms with Gasteiger partial charge in [-0.25, -0.2) is 31.6 Å². The molecule has 6 aromatic rings. The van der Waals surface area contributed by atoms with E-state index in [9.17, 15) is 57.6 Å². The third kappa shape index (κ3) is 11.4. The third-order valence-corrected chi connectivity index (χ3v) is 13.6. The van der Waals surface area contributed by atoms with Crippen LogP contribution in [0.2, 0.25) is 20.1 Å². The summed E-state index contributed by atoms with van der Waals surface area (Å²) in [5.74, 6) is -2.12. The molecular weight excluding hydrogens is 1030 g/mol. The number of hydrogen-bond acceptors (Lipinski definition) is 10. The molecule has 14 nitrogen and oxygen atoms in total. The van der Waals surface area contributed by atoms with Crippen molar-refractivity contribution < 1.29 is 57.6 Å². The highest BCUT2D eigenvalue weighted by atomic mass is 35.5. The first-order valence-corrected chi connectivity index (χ1v) is 23.3. The van der Waals surface area contributed by atoms with Crippen LogP contribution < -0.4 is 25.8 Å². The number of nitrogens with zero attached hydrogens (tertiary/aromatic N) is 2. The number of carbonyl (C=O) groups is 3. The van der Waals surface area contributed by atoms with Crippen LogP contribution in [0.15, 0.2) is 101 Å². The zero-order chi connectivity index (χ0) is 50.3. The molecule has 0 spiro atoms. The van der Waals surface area contributed by atoms with Gasteiger partial charge in [0.1, 0.15) is 11.4 Å². The molecule has 0 aliphatic rings. The summed E-state index contributed by atoms with van der Waals surface area (Å²) < 4.78 is 144. The highest BCUT2D eigenvalue weighted by Crippen LogP contribution is 2.39. The Balaban J connectivity index is 1.33. The Kier molecular flexibility index (Phi) is 14.6. The molecule has 2 heterocycles. The number of pyridine rings is 2. The maximum atomic E-state index is 14.8. The van der Waals surface area contributed by atoms with Gasteiger partial charge in [-0.3, -0.25) is 19.0 Å². The minimum Gasteiger partial charge on any atom is -0.399 e. The second-order valence-corrected chi connectivity index (χ2v) is 19.4. The molecule has 2 amide bonds. The number of alkyl halides is 6. The lowest BCUT2D eigenvalue weighted by Gasteiger charge is -2.18. The SMILES string of the molecule is CNC(=O)Nc1ccc(Cl)c(C(=O)c2ncc(Cl)cc2NS(=O)(=O)c2ccc(Cc3cc(N)cc(C(=O)c4ncc(Cl)cc4NS(=O)(=O)c4ccc(C)c(C(F)(F)F)c4)c3Cl)c(C(F)(F)F)c2)c1. The number of anilines is 4. The number of sulfonamides is 2. The van der Waals surface area contributed by atoms with E-state index in [4.69, 9.17) is 52.1 Å². The Morgan fingerprint density at radius 1 is 0.647 bits per heavy atom. The summed E-state index contributed by atoms with van der Waals surface area (Å²) in [6.45, 7) is 1.12. The van der Waals surface area contributed by atoms with Gasteiger partial charge in [0.25, 0.3) is 20.0 Å². The number of aryl methyl sites for hydroxylation is 1. The first-order valence-electron chi connectivity index (χ1n) is 18.8. The van der Waals surface area contributed by atoms with E-state index in [1.807, 2.05) is 9.44 Å². The number of nitrogen functional groups attached to an aromatic ring is 1. The first-order chi connectivity index (χ1) is 31.6. The summed E-state index contributed by atoms with van der Waals surface area (Å²) in [4.78, 5) is 45.7. The largest absolute Gasteiger partial charge is 0.416 e. The summed E-state index contributed by atoms with van der Waals surface area (Å²) in [7, 11) is -8.52. The van der Waals surface area contributed by atoms with E-state index < -0.39 is 116 Å². The molecule has 356 valence electrons. The minimum absolute atomic E-state index is 0.110. The van der Waals surface area contributed by atoms with Crippen LogP contribution in [0, 0.1) is 6.92 Å². The predicted octanol–water partition coefficient (Wildman–Crippen LogP) is 10.4. The molecule has 6 N–H and O–H groups in total. The Hall–Kier alpha value is -6.17. The molecule has 68 heavy (non-hydrogen) atoms. The normalized spacial score (nSPS) is 12.1. The molecule has 4 aromatic carbocycles. The average molecular weight is 1060 g/mol. The van der Waals surface area contributed by atoms with Crippen molar-refractivity contribution in [3.63, 3.8) is 0 Å². The number of amides is 2. The van der Waals surface area contributed by atoms with Gasteiger partial charge in [0, 0.05) is 41.9 Å². The monoisotopic (exact) mass is 1060 g/mol. The lowest BCUT2D eigenvalue weighted by Crippen LogP contribution is -2.24. The smallest absolute Gasteiger partial charge is 0.399 e. The second-order valence-electron chi connectivity index (χ2n) is 14.4. The Morgan fingerprint density at radius 3 is 1.69 bits per heavy atom. The molecule has 0 atom stereocenters. The van der Waals surface area contributed by atoms with Crippen LogP contribution in [0.25, 0.3) is 0 Å². The van der Waals surface area contributed by atoms with Gasteiger partial charge >= 0.3 is 18.4 Å². The molecule has 2 aromatic heterocycles. The molecular formula is C42H29Cl4F6N7O7S2. The van der Waals surface area contributed by atoms with E-state index in [-0.39, 0.29) is 43.1 Å². The second kappa shape index (κ2) is 19.4. The number of ketones is 2. The molecule has 0 saturated heterocycles. The van der Waals surface area contributed by atoms with Crippen LogP contribution in [0.5, 0.6) is 0 Å². The number of urea groups is 1. The fraction of sp³-hybridized carbons (Fsp3) is 0.119. The first kappa shape index (κ1) is 51.2. The van der Waals surface area contributed by atoms with Gasteiger partial charge in [0.2, 0.25) is 11.6 Å². The highest BCUT2D eigenvalue weighted by Gasteiger charge is 2.37. The van der Waals surface area contributed by atoms with Crippen LogP contribution in [0.3, 0.4) is 0 Å². The lowest BCUT2D eigenvalue weighted by atomic mass is 9.95. The molecule has 0 bridgehead atoms. The molecule has 6 rings (SSSR count). The molecule has 0 fully saturated rings. The van der Waals surface area contributed by atoms with Crippen molar-refractivity contribution in [3.8, 4) is 0 Å². The molecule has 0 unspecified atom stereocenters. The van der Waals surface area contributed by atoms with Crippen LogP contribution in [0.1, 0.15) is 59.9 Å². The number of aromatic nitrogens is 2. The van der Waals surface area contributed by atoms with Gasteiger partial charge in [-0.05, 0) is 96.8 Å². The van der Waals surface area contributed by atoms with Crippen LogP contribution in [-0.2, 0) is 38.8 Å². The minimum atomic E-state index is -5.23. The van der Waals surface area contributed by atoms with Crippen LogP contribution in [0.4, 0.5) is 53.9 Å². The predicted molar refractivity (Wildman–Crippen MR) is 243 cm³/mol. The highest BCUT2D eigenvalue weighted by molar-refractivity contribution is 7.93. The van der Waals surface area contributed by atoms with E-state index >= 15 is 0 Å². The van der Waals surface area contributed by atoms with Crippen molar-refractivity contribution in [2.24, 2.45) is 0 Å². The van der Waals surface area contributed by atoms with Crippen LogP contribution in [-0.4, -0.2) is 51.4 Å². The van der Waals surface area contributed by atoms with Crippen molar-refractivity contribution in [3.05, 3.63) is 162 Å². The molecule has 0 radical (unpaired) electrons. The molecule has 0 saturated carbocycles. The maximum Gasteiger partial charge on any atom is 0.416 e. The molecule has 0 aliphatic carbocycles. The van der Waals surface area contributed by atoms with Gasteiger partial charge in [-0.1, -0.05) is 58.5 Å². The number of nitrogens with one attached hydrogen (secondary N) is 4. The maximum absolute atomic E-state index is 14.8. The summed E-state index contributed by atoms with van der Waals surface area (Å²) in [5.41, 5.74) is -1.00. The Bertz CT molecular complexity index is 3290. The fourth-order valence-corrected chi connectivity index (χ4v) is 9.40. The number of hydrogen-bond donors (Lipinski definition) is 5.